The van der Waals surface area contributed by atoms with Crippen LogP contribution in [-0.2, 0) is 14.4 Å². The van der Waals surface area contributed by atoms with E-state index in [9.17, 15) is 41.9 Å². The van der Waals surface area contributed by atoms with Crippen LogP contribution in [-0.4, -0.2) is 160 Å². The van der Waals surface area contributed by atoms with Gasteiger partial charge in [-0.3, -0.25) is 43.7 Å². The molecule has 32 heteroatoms. The van der Waals surface area contributed by atoms with Gasteiger partial charge in [-0.2, -0.15) is 15.0 Å². The number of halogens is 3. The maximum atomic E-state index is 13.6. The van der Waals surface area contributed by atoms with Gasteiger partial charge in [-0.1, -0.05) is 0 Å². The summed E-state index contributed by atoms with van der Waals surface area (Å²) in [7, 11) is 0. The minimum atomic E-state index is -0.569. The van der Waals surface area contributed by atoms with E-state index in [4.69, 9.17) is 10.8 Å². The molecule has 0 spiro atoms. The summed E-state index contributed by atoms with van der Waals surface area (Å²) in [4.78, 5) is 132. The molecule has 21 rings (SSSR count). The first kappa shape index (κ1) is 69.4. The molecule has 103 heavy (non-hydrogen) atoms. The number of carboxylic acids is 1. The molecule has 0 aromatic carbocycles. The molecule has 3 saturated heterocycles. The van der Waals surface area contributed by atoms with Gasteiger partial charge in [-0.25, -0.2) is 43.1 Å². The number of Topliss-reactive ketones (excluding diaryl/α,β-unsaturated/α-hetero) is 2. The van der Waals surface area contributed by atoms with Crippen LogP contribution in [0.3, 0.4) is 0 Å². The lowest BCUT2D eigenvalue weighted by atomic mass is 9.42. The Balaban J connectivity index is 0.000000118. The number of carbonyl (C=O) groups excluding carboxylic acids is 5. The zero-order valence-electron chi connectivity index (χ0n) is 57.5. The molecule has 536 valence electrons. The fraction of sp³-hybridized carbons (Fsp3) is 0.493. The SMILES string of the molecule is Cc1nc2nc(N[C@@H](C)c3cncc(F)c3)nc(C(=O)N3CC(CC(=O)C45CC(C4)C5)C3)c2s1.Cc1nc2nc(N[C@@H](C)c3cncc(F)c3)nc(C(=O)N3CC(CC(=O)C45CC(C4)C5)C3)c2s1.Cc1nc2nc(N[C@@H](C)c3cncc(F)c3)nc(C(=O)N3CC(N)C3)c2s1.O=C(O)C12CC(C1)C2. The molecule has 9 aliphatic carbocycles. The Morgan fingerprint density at radius 2 is 0.757 bits per heavy atom. The van der Waals surface area contributed by atoms with Crippen molar-refractivity contribution < 1.29 is 47.0 Å². The van der Waals surface area contributed by atoms with Gasteiger partial charge < -0.3 is 41.5 Å². The van der Waals surface area contributed by atoms with Crippen molar-refractivity contribution in [3.8, 4) is 0 Å². The monoisotopic (exact) mass is 1460 g/mol. The third kappa shape index (κ3) is 13.7. The first-order valence-corrected chi connectivity index (χ1v) is 37.2. The van der Waals surface area contributed by atoms with Crippen LogP contribution in [0.4, 0.5) is 31.0 Å². The summed E-state index contributed by atoms with van der Waals surface area (Å²) < 4.78 is 42.6. The van der Waals surface area contributed by atoms with E-state index < -0.39 is 23.4 Å². The average molecular weight is 1460 g/mol. The van der Waals surface area contributed by atoms with Crippen LogP contribution in [0, 0.1) is 84.1 Å². The lowest BCUT2D eigenvalue weighted by Crippen LogP contribution is -2.58. The topological polar surface area (TPSA) is 349 Å². The van der Waals surface area contributed by atoms with Crippen LogP contribution in [0.25, 0.3) is 31.0 Å². The minimum absolute atomic E-state index is 0.00701. The number of nitrogens with one attached hydrogen (secondary N) is 3. The van der Waals surface area contributed by atoms with E-state index in [1.54, 1.807) is 33.3 Å². The molecule has 3 aliphatic heterocycles. The van der Waals surface area contributed by atoms with Gasteiger partial charge in [0.15, 0.2) is 34.0 Å². The smallest absolute Gasteiger partial charge is 0.309 e. The highest BCUT2D eigenvalue weighted by Gasteiger charge is 2.63. The number of carboxylic acid groups (broad SMARTS) is 1. The maximum Gasteiger partial charge on any atom is 0.309 e. The van der Waals surface area contributed by atoms with Crippen molar-refractivity contribution in [1.82, 2.24) is 74.5 Å². The maximum absolute atomic E-state index is 13.6. The van der Waals surface area contributed by atoms with Gasteiger partial charge in [0.25, 0.3) is 17.7 Å². The van der Waals surface area contributed by atoms with Crippen molar-refractivity contribution in [2.75, 3.05) is 55.2 Å². The Hall–Kier alpha value is -9.27. The molecular formula is C71H76F3N19O7S3. The quantitative estimate of drug-likeness (QED) is 0.0502. The molecule has 26 nitrogen and oxygen atoms in total. The Bertz CT molecular complexity index is 4650. The van der Waals surface area contributed by atoms with Gasteiger partial charge in [0, 0.05) is 99.4 Å². The number of fused-ring (bicyclic) bond motifs is 3. The summed E-state index contributed by atoms with van der Waals surface area (Å²) in [6, 6.07) is 3.26. The average Bonchev–Trinajstić information content (AvgIpc) is 1.36. The fourth-order valence-corrected chi connectivity index (χ4v) is 18.0. The molecule has 6 N–H and O–H groups in total. The number of nitrogens with two attached hydrogens (primary N) is 1. The highest BCUT2D eigenvalue weighted by atomic mass is 32.1. The number of aryl methyl sites for hydroxylation is 3. The molecule has 9 aromatic heterocycles. The van der Waals surface area contributed by atoms with Crippen LogP contribution in [0.15, 0.2) is 55.4 Å². The molecule has 0 radical (unpaired) electrons. The van der Waals surface area contributed by atoms with E-state index in [2.05, 4.69) is 75.8 Å². The number of aliphatic carboxylic acids is 1. The number of thiazole rings is 3. The number of ketones is 2. The minimum Gasteiger partial charge on any atom is -0.481 e. The number of hydrogen-bond donors (Lipinski definition) is 5. The molecule has 6 bridgehead atoms. The standard InChI is InChI=1S/2C24H25FN6O2S.C17H18FN7OS.C6H8O2/c2*1-12(16-4-17(25)9-26-8-16)27-23-29-19(20-21(30-23)28-13(2)34-20)22(33)31-10-14(11-31)3-18(32)24-5-15(6-24)7-24;1-8(10-3-11(18)5-20-4-10)21-17-23-13(16(26)25-6-12(19)7-25)14-15(24-17)22-9(2)27-14;7-5(8)6-1-4(2-6)3-6/h2*4,8-9,12,14-15H,3,5-7,10-11H2,1-2H3,(H,27,29,30);3-5,8,12H,6-7,19H2,1-2H3,(H,21,23,24);4H,1-3H2,(H,7,8)/t2*12-,15?,24?;8-;/m000./s1. The fourth-order valence-electron chi connectivity index (χ4n) is 15.4. The van der Waals surface area contributed by atoms with Crippen LogP contribution in [0.1, 0.15) is 173 Å². The lowest BCUT2D eigenvalue weighted by Gasteiger charge is -2.61. The van der Waals surface area contributed by atoms with Crippen molar-refractivity contribution in [3.05, 3.63) is 122 Å². The normalized spacial score (nSPS) is 23.9. The molecule has 0 unspecified atom stereocenters. The van der Waals surface area contributed by atoms with Crippen LogP contribution in [0.2, 0.25) is 0 Å². The van der Waals surface area contributed by atoms with Crippen molar-refractivity contribution in [1.29, 1.82) is 0 Å². The number of hydrogen-bond acceptors (Lipinski definition) is 25. The zero-order chi connectivity index (χ0) is 72.1. The number of rotatable bonds is 19. The van der Waals surface area contributed by atoms with E-state index in [0.717, 1.165) is 109 Å². The van der Waals surface area contributed by atoms with Crippen LogP contribution in [0.5, 0.6) is 0 Å². The third-order valence-electron chi connectivity index (χ3n) is 21.8. The Kier molecular flexibility index (Phi) is 18.3. The molecular weight excluding hydrogens is 1380 g/mol. The largest absolute Gasteiger partial charge is 0.481 e. The molecule has 9 saturated carbocycles. The molecule has 12 fully saturated rings. The van der Waals surface area contributed by atoms with Crippen molar-refractivity contribution in [2.45, 2.75) is 136 Å². The van der Waals surface area contributed by atoms with E-state index in [1.807, 2.05) is 41.5 Å². The van der Waals surface area contributed by atoms with Crippen molar-refractivity contribution in [3.63, 3.8) is 0 Å². The van der Waals surface area contributed by atoms with Crippen molar-refractivity contribution >= 4 is 118 Å². The summed E-state index contributed by atoms with van der Waals surface area (Å²) in [5, 5.41) is 20.3. The summed E-state index contributed by atoms with van der Waals surface area (Å²) in [5.41, 5.74) is 9.81. The number of likely N-dealkylation sites (tertiary alicyclic amines) is 3. The molecule has 3 amide bonds. The molecule has 9 aromatic rings. The molecule has 3 atom stereocenters. The summed E-state index contributed by atoms with van der Waals surface area (Å²) >= 11 is 4.16. The number of amides is 3. The van der Waals surface area contributed by atoms with E-state index in [0.29, 0.717) is 128 Å². The second kappa shape index (κ2) is 27.1. The Morgan fingerprint density at radius 1 is 0.466 bits per heavy atom. The molecule has 12 aliphatic rings. The highest BCUT2D eigenvalue weighted by Crippen LogP contribution is 2.67. The predicted octanol–water partition coefficient (Wildman–Crippen LogP) is 10.6. The van der Waals surface area contributed by atoms with E-state index in [-0.39, 0.29) is 87.8 Å². The summed E-state index contributed by atoms with van der Waals surface area (Å²) in [6.45, 7) is 14.4. The van der Waals surface area contributed by atoms with E-state index >= 15 is 0 Å². The number of pyridine rings is 3. The second-order valence-corrected chi connectivity index (χ2v) is 33.3. The number of nitrogens with zero attached hydrogens (tertiary/aromatic N) is 15. The van der Waals surface area contributed by atoms with Gasteiger partial charge >= 0.3 is 5.97 Å². The van der Waals surface area contributed by atoms with Gasteiger partial charge in [0.2, 0.25) is 17.8 Å². The Labute approximate surface area is 601 Å². The number of aromatic nitrogens is 12. The van der Waals surface area contributed by atoms with Gasteiger partial charge in [0.1, 0.15) is 43.1 Å². The highest BCUT2D eigenvalue weighted by molar-refractivity contribution is 7.19. The first-order valence-electron chi connectivity index (χ1n) is 34.7. The van der Waals surface area contributed by atoms with E-state index in [1.165, 1.54) is 52.2 Å². The first-order chi connectivity index (χ1) is 49.2. The van der Waals surface area contributed by atoms with Gasteiger partial charge in [-0.15, -0.1) is 34.0 Å². The Morgan fingerprint density at radius 3 is 1.00 bits per heavy atom. The van der Waals surface area contributed by atoms with Crippen LogP contribution >= 0.6 is 34.0 Å². The number of anilines is 3. The lowest BCUT2D eigenvalue weighted by molar-refractivity contribution is -0.184. The molecule has 12 heterocycles. The summed E-state index contributed by atoms with van der Waals surface area (Å²) in [5.74, 6) is 2.00. The van der Waals surface area contributed by atoms with Crippen molar-refractivity contribution in [2.24, 2.45) is 51.6 Å². The van der Waals surface area contributed by atoms with Gasteiger partial charge in [0.05, 0.1) is 57.2 Å². The zero-order valence-corrected chi connectivity index (χ0v) is 59.9. The van der Waals surface area contributed by atoms with Crippen LogP contribution < -0.4 is 21.7 Å². The second-order valence-electron chi connectivity index (χ2n) is 29.7. The summed E-state index contributed by atoms with van der Waals surface area (Å²) in [6.07, 6.45) is 18.6. The third-order valence-corrected chi connectivity index (χ3v) is 24.7. The predicted molar refractivity (Wildman–Crippen MR) is 377 cm³/mol. The number of carbonyl (C=O) groups is 6. The van der Waals surface area contributed by atoms with Gasteiger partial charge in [-0.05, 0) is 152 Å².